The predicted octanol–water partition coefficient (Wildman–Crippen LogP) is 6.34. The zero-order chi connectivity index (χ0) is 23.8. The normalized spacial score (nSPS) is 16.5. The number of unbranched alkanes of at least 4 members (excludes halogenated alkanes) is 1. The van der Waals surface area contributed by atoms with Crippen LogP contribution in [0.3, 0.4) is 0 Å². The molecule has 0 saturated heterocycles. The van der Waals surface area contributed by atoms with Gasteiger partial charge in [0.25, 0.3) is 5.91 Å². The van der Waals surface area contributed by atoms with Gasteiger partial charge >= 0.3 is 0 Å². The fourth-order valence-electron chi connectivity index (χ4n) is 4.63. The Hall–Kier alpha value is -2.76. The van der Waals surface area contributed by atoms with Gasteiger partial charge in [-0.1, -0.05) is 37.3 Å². The lowest BCUT2D eigenvalue weighted by atomic mass is 10.1. The third-order valence-electron chi connectivity index (χ3n) is 6.53. The second-order valence-corrected chi connectivity index (χ2v) is 9.21. The molecular weight excluding hydrogens is 461 g/mol. The smallest absolute Gasteiger partial charge is 0.251 e. The van der Waals surface area contributed by atoms with Crippen LogP contribution in [0.2, 0.25) is 0 Å². The van der Waals surface area contributed by atoms with Gasteiger partial charge in [0.05, 0.1) is 5.69 Å². The summed E-state index contributed by atoms with van der Waals surface area (Å²) in [7, 11) is 0. The molecule has 3 aromatic rings. The minimum Gasteiger partial charge on any atom is -0.352 e. The zero-order valence-corrected chi connectivity index (χ0v) is 21.1. The van der Waals surface area contributed by atoms with Crippen LogP contribution in [0.25, 0.3) is 11.3 Å². The number of carbonyl (C=O) groups excluding carboxylic acids is 1. The van der Waals surface area contributed by atoms with Crippen molar-refractivity contribution in [2.24, 2.45) is 5.92 Å². The quantitative estimate of drug-likeness (QED) is 0.298. The maximum absolute atomic E-state index is 13.5. The molecule has 0 aliphatic heterocycles. The molecule has 6 heteroatoms. The summed E-state index contributed by atoms with van der Waals surface area (Å²) in [4.78, 5) is 19.4. The molecular formula is C29H35ClFN3O. The summed E-state index contributed by atoms with van der Waals surface area (Å²) in [5, 5.41) is 3.04. The van der Waals surface area contributed by atoms with Crippen LogP contribution in [0.1, 0.15) is 54.4 Å². The monoisotopic (exact) mass is 495 g/mol. The Kier molecular flexibility index (Phi) is 10.2. The Labute approximate surface area is 214 Å². The first-order valence-electron chi connectivity index (χ1n) is 12.4. The molecule has 1 aliphatic rings. The molecule has 0 radical (unpaired) electrons. The number of amides is 1. The Morgan fingerprint density at radius 3 is 2.60 bits per heavy atom. The van der Waals surface area contributed by atoms with E-state index in [1.807, 2.05) is 54.6 Å². The number of aromatic nitrogens is 1. The van der Waals surface area contributed by atoms with Crippen LogP contribution >= 0.6 is 12.4 Å². The molecule has 0 bridgehead atoms. The number of nitrogens with one attached hydrogen (secondary N) is 1. The van der Waals surface area contributed by atoms with Crippen molar-refractivity contribution in [1.29, 1.82) is 0 Å². The number of rotatable bonds is 12. The van der Waals surface area contributed by atoms with Crippen molar-refractivity contribution in [3.63, 3.8) is 0 Å². The molecule has 1 saturated carbocycles. The van der Waals surface area contributed by atoms with E-state index in [1.165, 1.54) is 6.07 Å². The fourth-order valence-corrected chi connectivity index (χ4v) is 4.63. The topological polar surface area (TPSA) is 45.2 Å². The van der Waals surface area contributed by atoms with Crippen LogP contribution in [-0.4, -0.2) is 42.0 Å². The van der Waals surface area contributed by atoms with Crippen molar-refractivity contribution in [3.8, 4) is 11.3 Å². The van der Waals surface area contributed by atoms with E-state index < -0.39 is 0 Å². The second kappa shape index (κ2) is 13.4. The van der Waals surface area contributed by atoms with Crippen LogP contribution < -0.4 is 5.32 Å². The second-order valence-electron chi connectivity index (χ2n) is 9.21. The predicted molar refractivity (Wildman–Crippen MR) is 142 cm³/mol. The van der Waals surface area contributed by atoms with Gasteiger partial charge in [-0.2, -0.15) is 0 Å². The van der Waals surface area contributed by atoms with Gasteiger partial charge < -0.3 is 10.2 Å². The number of benzene rings is 2. The molecule has 4 nitrogen and oxygen atoms in total. The van der Waals surface area contributed by atoms with Crippen LogP contribution in [0.15, 0.2) is 72.9 Å². The lowest BCUT2D eigenvalue weighted by Gasteiger charge is -2.22. The lowest BCUT2D eigenvalue weighted by Crippen LogP contribution is -2.29. The van der Waals surface area contributed by atoms with E-state index in [0.717, 1.165) is 62.1 Å². The van der Waals surface area contributed by atoms with E-state index in [1.54, 1.807) is 12.3 Å². The van der Waals surface area contributed by atoms with E-state index in [2.05, 4.69) is 22.1 Å². The molecule has 4 rings (SSSR count). The van der Waals surface area contributed by atoms with Gasteiger partial charge in [-0.05, 0) is 92.6 Å². The maximum atomic E-state index is 13.5. The summed E-state index contributed by atoms with van der Waals surface area (Å²) in [5.41, 5.74) is 3.71. The third-order valence-corrected chi connectivity index (χ3v) is 6.53. The Morgan fingerprint density at radius 2 is 1.89 bits per heavy atom. The highest BCUT2D eigenvalue weighted by Gasteiger charge is 2.39. The SMILES string of the molecule is CCCN(CCCCNC(=O)c1ccc(-c2ccccn2)cc1)CC1CC1c1cccc(F)c1.Cl. The summed E-state index contributed by atoms with van der Waals surface area (Å²) in [6, 6.07) is 20.5. The van der Waals surface area contributed by atoms with Gasteiger partial charge in [-0.3, -0.25) is 9.78 Å². The summed E-state index contributed by atoms with van der Waals surface area (Å²) < 4.78 is 13.5. The minimum atomic E-state index is -0.139. The molecule has 0 spiro atoms. The Morgan fingerprint density at radius 1 is 1.06 bits per heavy atom. The molecule has 1 aliphatic carbocycles. The molecule has 2 atom stereocenters. The van der Waals surface area contributed by atoms with E-state index in [0.29, 0.717) is 23.9 Å². The first kappa shape index (κ1) is 26.8. The number of pyridine rings is 1. The molecule has 186 valence electrons. The Bertz CT molecular complexity index is 1060. The Balaban J connectivity index is 0.00000342. The van der Waals surface area contributed by atoms with Crippen molar-refractivity contribution >= 4 is 18.3 Å². The minimum absolute atomic E-state index is 0. The third kappa shape index (κ3) is 7.87. The van der Waals surface area contributed by atoms with E-state index in [9.17, 15) is 9.18 Å². The molecule has 1 fully saturated rings. The van der Waals surface area contributed by atoms with Crippen molar-refractivity contribution in [2.75, 3.05) is 26.2 Å². The molecule has 1 amide bonds. The van der Waals surface area contributed by atoms with Crippen molar-refractivity contribution in [1.82, 2.24) is 15.2 Å². The molecule has 35 heavy (non-hydrogen) atoms. The summed E-state index contributed by atoms with van der Waals surface area (Å²) in [6.45, 7) is 6.08. The average molecular weight is 496 g/mol. The van der Waals surface area contributed by atoms with Gasteiger partial charge in [0.15, 0.2) is 0 Å². The molecule has 2 unspecified atom stereocenters. The van der Waals surface area contributed by atoms with Gasteiger partial charge in [-0.25, -0.2) is 4.39 Å². The number of hydrogen-bond donors (Lipinski definition) is 1. The van der Waals surface area contributed by atoms with Crippen LogP contribution in [-0.2, 0) is 0 Å². The van der Waals surface area contributed by atoms with Gasteiger partial charge in [0, 0.05) is 30.4 Å². The van der Waals surface area contributed by atoms with E-state index in [-0.39, 0.29) is 24.1 Å². The highest BCUT2D eigenvalue weighted by atomic mass is 35.5. The summed E-state index contributed by atoms with van der Waals surface area (Å²) >= 11 is 0. The van der Waals surface area contributed by atoms with Crippen LogP contribution in [0.5, 0.6) is 0 Å². The first-order valence-corrected chi connectivity index (χ1v) is 12.4. The van der Waals surface area contributed by atoms with Crippen LogP contribution in [0.4, 0.5) is 4.39 Å². The highest BCUT2D eigenvalue weighted by Crippen LogP contribution is 2.47. The highest BCUT2D eigenvalue weighted by molar-refractivity contribution is 5.94. The van der Waals surface area contributed by atoms with Crippen molar-refractivity contribution < 1.29 is 9.18 Å². The van der Waals surface area contributed by atoms with Gasteiger partial charge in [0.1, 0.15) is 5.82 Å². The standard InChI is InChI=1S/C29H34FN3O.ClH/c1-2-17-33(21-25-20-27(25)24-8-7-9-26(30)19-24)18-6-5-16-32-29(34)23-13-11-22(12-14-23)28-10-3-4-15-31-28;/h3-4,7-15,19,25,27H,2,5-6,16-18,20-21H2,1H3,(H,32,34);1H. The number of carbonyl (C=O) groups is 1. The molecule has 1 N–H and O–H groups in total. The van der Waals surface area contributed by atoms with E-state index >= 15 is 0 Å². The maximum Gasteiger partial charge on any atom is 0.251 e. The zero-order valence-electron chi connectivity index (χ0n) is 20.3. The van der Waals surface area contributed by atoms with Crippen molar-refractivity contribution in [2.45, 2.75) is 38.5 Å². The first-order chi connectivity index (χ1) is 16.6. The number of halogens is 2. The van der Waals surface area contributed by atoms with Crippen LogP contribution in [0, 0.1) is 11.7 Å². The number of nitrogens with zero attached hydrogens (tertiary/aromatic N) is 2. The van der Waals surface area contributed by atoms with Gasteiger partial charge in [-0.15, -0.1) is 12.4 Å². The summed E-state index contributed by atoms with van der Waals surface area (Å²) in [6.07, 6.45) is 6.05. The van der Waals surface area contributed by atoms with Gasteiger partial charge in [0.2, 0.25) is 0 Å². The fraction of sp³-hybridized carbons (Fsp3) is 0.379. The lowest BCUT2D eigenvalue weighted by molar-refractivity contribution is 0.0952. The summed E-state index contributed by atoms with van der Waals surface area (Å²) in [5.74, 6) is 0.953. The largest absolute Gasteiger partial charge is 0.352 e. The molecule has 2 aromatic carbocycles. The average Bonchev–Trinajstić information content (AvgIpc) is 3.63. The molecule has 1 heterocycles. The number of hydrogen-bond acceptors (Lipinski definition) is 3. The van der Waals surface area contributed by atoms with Crippen molar-refractivity contribution in [3.05, 3.63) is 89.9 Å². The molecule has 1 aromatic heterocycles. The van der Waals surface area contributed by atoms with E-state index in [4.69, 9.17) is 0 Å².